The molecular formula is C25H26F2N2O2S. The van der Waals surface area contributed by atoms with Crippen molar-refractivity contribution in [3.63, 3.8) is 0 Å². The molecule has 0 radical (unpaired) electrons. The van der Waals surface area contributed by atoms with Crippen LogP contribution in [0.2, 0.25) is 0 Å². The van der Waals surface area contributed by atoms with E-state index in [9.17, 15) is 18.7 Å². The van der Waals surface area contributed by atoms with Crippen LogP contribution in [0.1, 0.15) is 36.2 Å². The SMILES string of the molecule is CC(c1ccc(-c2ccc(F)cc2F)cc1)N1CCC(CCO)(c2cccs2)N(C)C1=O. The highest BCUT2D eigenvalue weighted by Gasteiger charge is 2.46. The Morgan fingerprint density at radius 2 is 1.91 bits per heavy atom. The fourth-order valence-corrected chi connectivity index (χ4v) is 5.60. The van der Waals surface area contributed by atoms with Crippen molar-refractivity contribution < 1.29 is 18.7 Å². The van der Waals surface area contributed by atoms with E-state index in [4.69, 9.17) is 0 Å². The molecule has 0 spiro atoms. The Morgan fingerprint density at radius 1 is 1.16 bits per heavy atom. The molecule has 1 aromatic heterocycles. The number of nitrogens with zero attached hydrogens (tertiary/aromatic N) is 2. The number of benzene rings is 2. The summed E-state index contributed by atoms with van der Waals surface area (Å²) in [5.41, 5.74) is 1.42. The minimum absolute atomic E-state index is 0.00643. The van der Waals surface area contributed by atoms with E-state index in [1.807, 2.05) is 41.5 Å². The summed E-state index contributed by atoms with van der Waals surface area (Å²) in [5.74, 6) is -1.21. The molecule has 32 heavy (non-hydrogen) atoms. The normalized spacial score (nSPS) is 20.0. The van der Waals surface area contributed by atoms with E-state index in [0.717, 1.165) is 22.9 Å². The highest BCUT2D eigenvalue weighted by Crippen LogP contribution is 2.42. The van der Waals surface area contributed by atoms with Gasteiger partial charge in [0.05, 0.1) is 11.6 Å². The molecule has 168 valence electrons. The summed E-state index contributed by atoms with van der Waals surface area (Å²) in [7, 11) is 1.80. The lowest BCUT2D eigenvalue weighted by atomic mass is 9.85. The quantitative estimate of drug-likeness (QED) is 0.510. The second kappa shape index (κ2) is 9.00. The lowest BCUT2D eigenvalue weighted by molar-refractivity contribution is 0.0284. The Labute approximate surface area is 190 Å². The van der Waals surface area contributed by atoms with Gasteiger partial charge < -0.3 is 14.9 Å². The first-order chi connectivity index (χ1) is 15.4. The first kappa shape index (κ1) is 22.4. The molecule has 0 bridgehead atoms. The molecule has 7 heteroatoms. The summed E-state index contributed by atoms with van der Waals surface area (Å²) in [5, 5.41) is 11.7. The van der Waals surface area contributed by atoms with Gasteiger partial charge in [-0.1, -0.05) is 30.3 Å². The number of aliphatic hydroxyl groups excluding tert-OH is 1. The van der Waals surface area contributed by atoms with Gasteiger partial charge in [0.15, 0.2) is 0 Å². The Kier molecular flexibility index (Phi) is 6.31. The van der Waals surface area contributed by atoms with Crippen LogP contribution in [0.4, 0.5) is 13.6 Å². The van der Waals surface area contributed by atoms with Crippen LogP contribution in [0, 0.1) is 11.6 Å². The summed E-state index contributed by atoms with van der Waals surface area (Å²) in [6.07, 6.45) is 1.22. The zero-order valence-electron chi connectivity index (χ0n) is 18.1. The molecule has 2 atom stereocenters. The topological polar surface area (TPSA) is 43.8 Å². The van der Waals surface area contributed by atoms with Gasteiger partial charge in [-0.05, 0) is 54.5 Å². The first-order valence-electron chi connectivity index (χ1n) is 10.6. The molecule has 4 nitrogen and oxygen atoms in total. The Bertz CT molecular complexity index is 1090. The van der Waals surface area contributed by atoms with E-state index in [2.05, 4.69) is 0 Å². The maximum Gasteiger partial charge on any atom is 0.321 e. The third kappa shape index (κ3) is 3.91. The molecule has 2 amide bonds. The molecule has 4 rings (SSSR count). The minimum atomic E-state index is -0.607. The number of hydrogen-bond acceptors (Lipinski definition) is 3. The number of carbonyl (C=O) groups excluding carboxylic acids is 1. The number of amides is 2. The molecule has 1 aliphatic heterocycles. The Morgan fingerprint density at radius 3 is 2.53 bits per heavy atom. The van der Waals surface area contributed by atoms with Gasteiger partial charge in [0.25, 0.3) is 0 Å². The van der Waals surface area contributed by atoms with Gasteiger partial charge in [0, 0.05) is 36.7 Å². The smallest absolute Gasteiger partial charge is 0.321 e. The molecule has 0 aliphatic carbocycles. The highest BCUT2D eigenvalue weighted by molar-refractivity contribution is 7.10. The molecule has 1 aliphatic rings. The average Bonchev–Trinajstić information content (AvgIpc) is 3.33. The van der Waals surface area contributed by atoms with Crippen LogP contribution in [-0.2, 0) is 5.54 Å². The molecule has 2 heterocycles. The van der Waals surface area contributed by atoms with Crippen LogP contribution in [-0.4, -0.2) is 41.1 Å². The Hall–Kier alpha value is -2.77. The third-order valence-corrected chi connectivity index (χ3v) is 7.61. The summed E-state index contributed by atoms with van der Waals surface area (Å²) < 4.78 is 27.3. The lowest BCUT2D eigenvalue weighted by Crippen LogP contribution is -2.59. The largest absolute Gasteiger partial charge is 0.396 e. The lowest BCUT2D eigenvalue weighted by Gasteiger charge is -2.50. The van der Waals surface area contributed by atoms with E-state index in [-0.39, 0.29) is 18.7 Å². The number of rotatable bonds is 6. The number of thiophene rings is 1. The number of hydrogen-bond donors (Lipinski definition) is 1. The average molecular weight is 457 g/mol. The predicted molar refractivity (Wildman–Crippen MR) is 122 cm³/mol. The van der Waals surface area contributed by atoms with Crippen LogP contribution in [0.15, 0.2) is 60.0 Å². The van der Waals surface area contributed by atoms with Gasteiger partial charge in [0.1, 0.15) is 11.6 Å². The van der Waals surface area contributed by atoms with Crippen molar-refractivity contribution in [2.75, 3.05) is 20.2 Å². The standard InChI is InChI=1S/C25H26F2N2O2S/c1-17(18-5-7-19(8-6-18)21-10-9-20(26)16-22(21)27)29-13-11-25(12-14-30,28(2)24(29)31)23-4-3-15-32-23/h3-10,15-17,30H,11-14H2,1-2H3. The fraction of sp³-hybridized carbons (Fsp3) is 0.320. The predicted octanol–water partition coefficient (Wildman–Crippen LogP) is 5.79. The number of halogens is 2. The molecule has 1 N–H and O–H groups in total. The van der Waals surface area contributed by atoms with Crippen molar-refractivity contribution >= 4 is 17.4 Å². The maximum atomic E-state index is 14.1. The summed E-state index contributed by atoms with van der Waals surface area (Å²) in [6.45, 7) is 2.55. The van der Waals surface area contributed by atoms with Crippen LogP contribution in [0.25, 0.3) is 11.1 Å². The number of carbonyl (C=O) groups is 1. The number of urea groups is 1. The molecular weight excluding hydrogens is 430 g/mol. The number of aliphatic hydroxyl groups is 1. The van der Waals surface area contributed by atoms with Crippen molar-refractivity contribution in [1.29, 1.82) is 0 Å². The van der Waals surface area contributed by atoms with Crippen molar-refractivity contribution in [2.24, 2.45) is 0 Å². The van der Waals surface area contributed by atoms with Gasteiger partial charge >= 0.3 is 6.03 Å². The molecule has 3 aromatic rings. The van der Waals surface area contributed by atoms with E-state index < -0.39 is 17.2 Å². The first-order valence-corrected chi connectivity index (χ1v) is 11.5. The van der Waals surface area contributed by atoms with Crippen molar-refractivity contribution in [2.45, 2.75) is 31.3 Å². The molecule has 2 aromatic carbocycles. The maximum absolute atomic E-state index is 14.1. The van der Waals surface area contributed by atoms with Crippen LogP contribution in [0.3, 0.4) is 0 Å². The van der Waals surface area contributed by atoms with Crippen molar-refractivity contribution in [3.8, 4) is 11.1 Å². The van der Waals surface area contributed by atoms with E-state index in [0.29, 0.717) is 24.1 Å². The molecule has 1 fully saturated rings. The zero-order chi connectivity index (χ0) is 22.9. The fourth-order valence-electron chi connectivity index (χ4n) is 4.58. The molecule has 0 saturated carbocycles. The summed E-state index contributed by atoms with van der Waals surface area (Å²) in [6, 6.07) is 14.6. The summed E-state index contributed by atoms with van der Waals surface area (Å²) in [4.78, 5) is 18.1. The third-order valence-electron chi connectivity index (χ3n) is 6.55. The van der Waals surface area contributed by atoms with E-state index in [1.54, 1.807) is 35.4 Å². The van der Waals surface area contributed by atoms with Gasteiger partial charge in [-0.25, -0.2) is 13.6 Å². The van der Waals surface area contributed by atoms with E-state index >= 15 is 0 Å². The van der Waals surface area contributed by atoms with Gasteiger partial charge in [0.2, 0.25) is 0 Å². The summed E-state index contributed by atoms with van der Waals surface area (Å²) >= 11 is 1.60. The van der Waals surface area contributed by atoms with Crippen molar-refractivity contribution in [1.82, 2.24) is 9.80 Å². The second-order valence-electron chi connectivity index (χ2n) is 8.19. The Balaban J connectivity index is 1.55. The minimum Gasteiger partial charge on any atom is -0.396 e. The molecule has 2 unspecified atom stereocenters. The van der Waals surface area contributed by atoms with Crippen LogP contribution >= 0.6 is 11.3 Å². The van der Waals surface area contributed by atoms with E-state index in [1.165, 1.54) is 12.1 Å². The van der Waals surface area contributed by atoms with Gasteiger partial charge in [-0.3, -0.25) is 0 Å². The van der Waals surface area contributed by atoms with Crippen LogP contribution < -0.4 is 0 Å². The second-order valence-corrected chi connectivity index (χ2v) is 9.14. The highest BCUT2D eigenvalue weighted by atomic mass is 32.1. The molecule has 1 saturated heterocycles. The van der Waals surface area contributed by atoms with Crippen LogP contribution in [0.5, 0.6) is 0 Å². The monoisotopic (exact) mass is 456 g/mol. The van der Waals surface area contributed by atoms with Crippen molar-refractivity contribution in [3.05, 3.63) is 82.1 Å². The zero-order valence-corrected chi connectivity index (χ0v) is 18.9. The van der Waals surface area contributed by atoms with Gasteiger partial charge in [-0.2, -0.15) is 0 Å². The van der Waals surface area contributed by atoms with Gasteiger partial charge in [-0.15, -0.1) is 11.3 Å².